The summed E-state index contributed by atoms with van der Waals surface area (Å²) in [6.07, 6.45) is 0. The molecule has 1 amide bonds. The van der Waals surface area contributed by atoms with E-state index >= 15 is 0 Å². The molecule has 26 heavy (non-hydrogen) atoms. The molecule has 3 rings (SSSR count). The minimum atomic E-state index is -1.73. The third kappa shape index (κ3) is 3.26. The number of H-pyrrole nitrogens is 1. The van der Waals surface area contributed by atoms with Crippen LogP contribution >= 0.6 is 0 Å². The summed E-state index contributed by atoms with van der Waals surface area (Å²) >= 11 is 0. The molecule has 1 aromatic heterocycles. The number of amides is 1. The zero-order valence-electron chi connectivity index (χ0n) is 13.5. The molecule has 1 heterocycles. The van der Waals surface area contributed by atoms with Crippen molar-refractivity contribution in [3.05, 3.63) is 75.3 Å². The summed E-state index contributed by atoms with van der Waals surface area (Å²) in [6, 6.07) is 8.14. The van der Waals surface area contributed by atoms with Crippen molar-refractivity contribution in [2.24, 2.45) is 0 Å². The Hall–Kier alpha value is -3.29. The average Bonchev–Trinajstić information content (AvgIpc) is 2.63. The van der Waals surface area contributed by atoms with Crippen LogP contribution in [-0.2, 0) is 6.54 Å². The molecule has 0 aliphatic carbocycles. The van der Waals surface area contributed by atoms with Gasteiger partial charge >= 0.3 is 0 Å². The van der Waals surface area contributed by atoms with E-state index in [1.54, 1.807) is 24.3 Å². The molecule has 0 aliphatic rings. The molecule has 0 atom stereocenters. The second-order valence-corrected chi connectivity index (χ2v) is 5.48. The lowest BCUT2D eigenvalue weighted by Crippen LogP contribution is -2.27. The highest BCUT2D eigenvalue weighted by atomic mass is 19.2. The van der Waals surface area contributed by atoms with Crippen molar-refractivity contribution in [1.82, 2.24) is 10.3 Å². The summed E-state index contributed by atoms with van der Waals surface area (Å²) < 4.78 is 44.9. The summed E-state index contributed by atoms with van der Waals surface area (Å²) in [5.41, 5.74) is -0.322. The van der Waals surface area contributed by atoms with E-state index in [9.17, 15) is 22.8 Å². The van der Waals surface area contributed by atoms with E-state index in [4.69, 9.17) is 4.74 Å². The van der Waals surface area contributed by atoms with E-state index in [0.717, 1.165) is 6.07 Å². The van der Waals surface area contributed by atoms with Gasteiger partial charge in [-0.3, -0.25) is 9.59 Å². The first-order valence-electron chi connectivity index (χ1n) is 7.52. The number of pyridine rings is 1. The first-order valence-corrected chi connectivity index (χ1v) is 7.52. The second-order valence-electron chi connectivity index (χ2n) is 5.48. The van der Waals surface area contributed by atoms with Gasteiger partial charge in [0.15, 0.2) is 17.5 Å². The van der Waals surface area contributed by atoms with Crippen LogP contribution in [-0.4, -0.2) is 18.0 Å². The number of aromatic amines is 1. The highest BCUT2D eigenvalue weighted by molar-refractivity contribution is 5.94. The minimum Gasteiger partial charge on any atom is -0.497 e. The van der Waals surface area contributed by atoms with Gasteiger partial charge in [-0.15, -0.1) is 0 Å². The Kier molecular flexibility index (Phi) is 4.66. The number of halogens is 3. The number of hydrogen-bond donors (Lipinski definition) is 2. The molecule has 0 radical (unpaired) electrons. The first kappa shape index (κ1) is 17.5. The van der Waals surface area contributed by atoms with Crippen molar-refractivity contribution >= 4 is 16.8 Å². The molecule has 134 valence electrons. The summed E-state index contributed by atoms with van der Waals surface area (Å²) in [4.78, 5) is 26.8. The molecule has 2 aromatic carbocycles. The van der Waals surface area contributed by atoms with E-state index < -0.39 is 34.5 Å². The van der Waals surface area contributed by atoms with Crippen LogP contribution in [0.1, 0.15) is 15.9 Å². The van der Waals surface area contributed by atoms with Crippen LogP contribution in [0.15, 0.2) is 41.2 Å². The average molecular weight is 362 g/mol. The van der Waals surface area contributed by atoms with Gasteiger partial charge in [0.2, 0.25) is 0 Å². The molecule has 8 heteroatoms. The van der Waals surface area contributed by atoms with Crippen LogP contribution in [0.2, 0.25) is 0 Å². The number of nitrogens with one attached hydrogen (secondary N) is 2. The molecule has 0 bridgehead atoms. The first-order chi connectivity index (χ1) is 12.4. The lowest BCUT2D eigenvalue weighted by molar-refractivity contribution is 0.0945. The van der Waals surface area contributed by atoms with Crippen molar-refractivity contribution in [3.63, 3.8) is 0 Å². The van der Waals surface area contributed by atoms with Crippen molar-refractivity contribution in [3.8, 4) is 5.75 Å². The highest BCUT2D eigenvalue weighted by Crippen LogP contribution is 2.19. The molecule has 5 nitrogen and oxygen atoms in total. The van der Waals surface area contributed by atoms with Crippen molar-refractivity contribution in [2.75, 3.05) is 7.11 Å². The standard InChI is InChI=1S/C18H13F3N2O3/c1-26-11-3-2-9-6-10(17(24)23-14(9)7-11)8-22-18(25)12-4-5-13(19)16(21)15(12)20/h2-7H,8H2,1H3,(H,22,25)(H,23,24). The van der Waals surface area contributed by atoms with Gasteiger partial charge < -0.3 is 15.0 Å². The van der Waals surface area contributed by atoms with E-state index in [2.05, 4.69) is 10.3 Å². The number of benzene rings is 2. The predicted octanol–water partition coefficient (Wildman–Crippen LogP) is 2.88. The molecule has 0 saturated carbocycles. The molecule has 0 spiro atoms. The number of fused-ring (bicyclic) bond motifs is 1. The van der Waals surface area contributed by atoms with Crippen molar-refractivity contribution < 1.29 is 22.7 Å². The van der Waals surface area contributed by atoms with Crippen LogP contribution in [0, 0.1) is 17.5 Å². The monoisotopic (exact) mass is 362 g/mol. The van der Waals surface area contributed by atoms with Gasteiger partial charge in [0, 0.05) is 18.2 Å². The van der Waals surface area contributed by atoms with Crippen LogP contribution in [0.3, 0.4) is 0 Å². The van der Waals surface area contributed by atoms with E-state index in [0.29, 0.717) is 22.7 Å². The lowest BCUT2D eigenvalue weighted by atomic mass is 10.1. The quantitative estimate of drug-likeness (QED) is 0.701. The summed E-state index contributed by atoms with van der Waals surface area (Å²) in [5, 5.41) is 3.02. The number of carbonyl (C=O) groups excluding carboxylic acids is 1. The Morgan fingerprint density at radius 3 is 2.62 bits per heavy atom. The van der Waals surface area contributed by atoms with Gasteiger partial charge in [-0.05, 0) is 35.7 Å². The van der Waals surface area contributed by atoms with E-state index in [1.807, 2.05) is 0 Å². The molecular formula is C18H13F3N2O3. The van der Waals surface area contributed by atoms with Crippen LogP contribution in [0.5, 0.6) is 5.75 Å². The topological polar surface area (TPSA) is 71.2 Å². The van der Waals surface area contributed by atoms with E-state index in [1.165, 1.54) is 7.11 Å². The SMILES string of the molecule is COc1ccc2cc(CNC(=O)c3ccc(F)c(F)c3F)c(=O)[nH]c2c1. The number of ether oxygens (including phenoxy) is 1. The maximum atomic E-state index is 13.6. The third-order valence-electron chi connectivity index (χ3n) is 3.85. The molecule has 0 unspecified atom stereocenters. The van der Waals surface area contributed by atoms with Gasteiger partial charge in [0.05, 0.1) is 18.2 Å². The molecule has 0 saturated heterocycles. The smallest absolute Gasteiger partial charge is 0.254 e. The van der Waals surface area contributed by atoms with Crippen LogP contribution < -0.4 is 15.6 Å². The van der Waals surface area contributed by atoms with Crippen molar-refractivity contribution in [2.45, 2.75) is 6.54 Å². The fourth-order valence-corrected chi connectivity index (χ4v) is 2.46. The Labute approximate surface area is 145 Å². The van der Waals surface area contributed by atoms with Gasteiger partial charge in [-0.25, -0.2) is 13.2 Å². The van der Waals surface area contributed by atoms with E-state index in [-0.39, 0.29) is 12.1 Å². The van der Waals surface area contributed by atoms with Crippen LogP contribution in [0.4, 0.5) is 13.2 Å². The van der Waals surface area contributed by atoms with Gasteiger partial charge in [0.25, 0.3) is 11.5 Å². The summed E-state index contributed by atoms with van der Waals surface area (Å²) in [5.74, 6) is -5.09. The number of methoxy groups -OCH3 is 1. The largest absolute Gasteiger partial charge is 0.497 e. The zero-order chi connectivity index (χ0) is 18.8. The van der Waals surface area contributed by atoms with Crippen LogP contribution in [0.25, 0.3) is 10.9 Å². The Bertz CT molecular complexity index is 1060. The zero-order valence-corrected chi connectivity index (χ0v) is 13.5. The van der Waals surface area contributed by atoms with Gasteiger partial charge in [-0.2, -0.15) is 0 Å². The molecule has 3 aromatic rings. The second kappa shape index (κ2) is 6.91. The molecular weight excluding hydrogens is 349 g/mol. The Morgan fingerprint density at radius 2 is 1.88 bits per heavy atom. The van der Waals surface area contributed by atoms with Gasteiger partial charge in [-0.1, -0.05) is 0 Å². The molecule has 0 fully saturated rings. The fourth-order valence-electron chi connectivity index (χ4n) is 2.46. The fraction of sp³-hybridized carbons (Fsp3) is 0.111. The number of hydrogen-bond acceptors (Lipinski definition) is 3. The number of rotatable bonds is 4. The highest BCUT2D eigenvalue weighted by Gasteiger charge is 2.18. The maximum Gasteiger partial charge on any atom is 0.254 e. The Balaban J connectivity index is 1.83. The number of carbonyl (C=O) groups is 1. The predicted molar refractivity (Wildman–Crippen MR) is 88.6 cm³/mol. The number of aromatic nitrogens is 1. The minimum absolute atomic E-state index is 0.214. The normalized spacial score (nSPS) is 10.8. The molecule has 2 N–H and O–H groups in total. The molecule has 0 aliphatic heterocycles. The maximum absolute atomic E-state index is 13.6. The van der Waals surface area contributed by atoms with Gasteiger partial charge in [0.1, 0.15) is 5.75 Å². The summed E-state index contributed by atoms with van der Waals surface area (Å²) in [6.45, 7) is -0.214. The van der Waals surface area contributed by atoms with Crippen molar-refractivity contribution in [1.29, 1.82) is 0 Å². The lowest BCUT2D eigenvalue weighted by Gasteiger charge is -2.08. The summed E-state index contributed by atoms with van der Waals surface area (Å²) in [7, 11) is 1.50. The Morgan fingerprint density at radius 1 is 1.12 bits per heavy atom. The third-order valence-corrected chi connectivity index (χ3v) is 3.85.